The number of fused-ring (bicyclic) bond motifs is 15. The van der Waals surface area contributed by atoms with Gasteiger partial charge >= 0.3 is 514 Å². The third-order valence-corrected chi connectivity index (χ3v) is 36.4. The molecule has 0 amide bonds. The van der Waals surface area contributed by atoms with Crippen LogP contribution in [0.25, 0.3) is 0 Å². The van der Waals surface area contributed by atoms with E-state index in [0.717, 1.165) is 64.2 Å². The van der Waals surface area contributed by atoms with Crippen molar-refractivity contribution < 1.29 is 76.8 Å². The molecule has 21 atom stereocenters. The van der Waals surface area contributed by atoms with Crippen LogP contribution >= 0.6 is 32.5 Å². The van der Waals surface area contributed by atoms with Crippen molar-refractivity contribution >= 4 is 92.6 Å². The topological polar surface area (TPSA) is 444 Å². The van der Waals surface area contributed by atoms with Gasteiger partial charge in [0, 0.05) is 23.5 Å². The van der Waals surface area contributed by atoms with Crippen LogP contribution in [0.3, 0.4) is 0 Å². The number of aliphatic hydroxyl groups is 4. The van der Waals surface area contributed by atoms with Gasteiger partial charge in [0.2, 0.25) is 0 Å². The first-order valence-electron chi connectivity index (χ1n) is 44.2. The number of thioether (sulfide) groups is 1. The number of aliphatic hydroxyl groups excluding tert-OH is 4. The van der Waals surface area contributed by atoms with Gasteiger partial charge in [-0.05, 0) is 70.8 Å². The molecule has 5 aromatic heterocycles. The molecule has 10 saturated heterocycles. The summed E-state index contributed by atoms with van der Waals surface area (Å²) in [6, 6.07) is 6.81. The zero-order valence-corrected chi connectivity index (χ0v) is 81.7. The van der Waals surface area contributed by atoms with Crippen molar-refractivity contribution in [1.29, 1.82) is 15.8 Å². The second-order valence-corrected chi connectivity index (χ2v) is 44.2. The number of aryl methyl sites for hydroxylation is 5. The average molecular weight is 2090 g/mol. The Morgan fingerprint density at radius 3 is 1.16 bits per heavy atom. The van der Waals surface area contributed by atoms with Crippen LogP contribution in [0.1, 0.15) is 274 Å². The molecule has 0 aromatic carbocycles. The van der Waals surface area contributed by atoms with Gasteiger partial charge in [0.25, 0.3) is 11.1 Å². The second kappa shape index (κ2) is 40.2. The summed E-state index contributed by atoms with van der Waals surface area (Å²) in [6.45, 7) is 27.6. The number of aromatic amines is 1. The molecule has 10 bridgehead atoms. The van der Waals surface area contributed by atoms with E-state index in [1.807, 2.05) is 53.8 Å². The molecule has 132 heavy (non-hydrogen) atoms. The van der Waals surface area contributed by atoms with E-state index < -0.39 is 123 Å². The molecule has 41 heteroatoms. The van der Waals surface area contributed by atoms with Gasteiger partial charge in [0.15, 0.2) is 22.4 Å². The number of ether oxygens (including phenoxy) is 10. The van der Waals surface area contributed by atoms with Gasteiger partial charge in [-0.15, -0.1) is 0 Å². The first-order chi connectivity index (χ1) is 60.5. The van der Waals surface area contributed by atoms with Crippen LogP contribution in [0.2, 0.25) is 10.6 Å². The SMILES string of the molecule is C.C.C.C.C.CC[C@]12O[C@@H](n3cc(C)c(=O)[nH]c3=S)[C@@H](OC13CC3)C2O.CC[C@]12O[C@@H](n3cc(C)c(=O)nc3SC)[C@@H](OC13CC3)C2O.CC[C@]12O[C@@H](n3cc(C)c(=O)nc3[Se])[C@@H](OC13CC3)C2O.CC[C@]12O[C@@H](n3cc(C)c(=O)nc3[Se]CCC#N)[C@@H](OC13CC3)C2O.CC[C@]12O[C@@H](n3cc(C)c(=O)nc3[Se]CCC#N)[C@@H](OC13CC3)C2OP(OCCC#N)N(C(C)C)C(C)C. The predicted molar refractivity (Wildman–Crippen MR) is 499 cm³/mol. The van der Waals surface area contributed by atoms with Gasteiger partial charge in [-0.25, -0.2) is 0 Å². The number of nitrogens with zero attached hydrogens (tertiary/aromatic N) is 13. The molecule has 5 spiro atoms. The molecule has 15 heterocycles. The van der Waals surface area contributed by atoms with Crippen molar-refractivity contribution in [3.05, 3.63) is 115 Å². The average Bonchev–Trinajstić information content (AvgIpc) is 1.52. The normalized spacial score (nSPS) is 33.3. The Balaban J connectivity index is 0.000000161. The molecule has 5 N–H and O–H groups in total. The Hall–Kier alpha value is -5.25. The number of aromatic nitrogens is 10. The molecule has 15 aliphatic rings. The van der Waals surface area contributed by atoms with E-state index in [1.54, 1.807) is 68.5 Å². The summed E-state index contributed by atoms with van der Waals surface area (Å²) in [6.07, 6.45) is 17.0. The number of rotatable bonds is 25. The summed E-state index contributed by atoms with van der Waals surface area (Å²) >= 11 is 9.13. The van der Waals surface area contributed by atoms with Crippen molar-refractivity contribution in [1.82, 2.24) is 52.4 Å². The molecule has 35 nitrogen and oxygen atoms in total. The number of hydrogen-bond acceptors (Lipinski definition) is 31. The maximum absolute atomic E-state index is 12.5. The zero-order chi connectivity index (χ0) is 91.2. The van der Waals surface area contributed by atoms with E-state index in [4.69, 9.17) is 84.4 Å². The third-order valence-electron chi connectivity index (χ3n) is 28.6. The molecule has 5 saturated carbocycles. The molecular formula is C91H134N14O21PS2Se3. The Kier molecular flexibility index (Phi) is 32.6. The molecule has 729 valence electrons. The van der Waals surface area contributed by atoms with E-state index in [1.165, 1.54) is 11.8 Å². The number of hydrogen-bond donors (Lipinski definition) is 5. The standard InChI is InChI=1S/C26H38N5O5PSe.C17H21N3O4Se.C15H20N2O4S.C14H18N2O4S.C14H17N2O4Se.5CH4/c1-7-26-21(36-37(33-14-8-12-27)31(17(2)3)18(4)5)20(34-25(26)10-11-25)23(35-26)30-16-19(6)22(32)29-24(30)38-15-9-13-28;1-3-17-12(21)11(23-16(17)5-6-16)14(24-17)20-9-10(2)13(22)19-15(20)25-8-4-7-18;1-4-15-10(18)9(20-14(15)5-6-14)12(21-15)17-7-8(2)11(19)16-13(17)22-3;2*1-3-14-9(17)8(19-13(14)4-5-13)11(20-14)16-6-7(2)10(18)15-12(16)21;;;;;/h16-18,20-21,23H,7-11,14-15H2,1-6H3;9,11-12,14,21H,3-6,8H2,1-2H3;7,9-10,12,18H,4-6H2,1-3H3;6,8-9,11,17H,3-5H2,1-2H3,(H,15,18,21);6,8-9,11,17H,3-5H2,1-2H3;5*1H4/t20-,21?,23+,26+,37?;11-,12?,14+,17+;9-,10?,12+,15+;2*8-,9?,11+,14+;;;;;/m00000...../s1. The predicted octanol–water partition coefficient (Wildman–Crippen LogP) is 8.59. The molecule has 5 aromatic rings. The molecule has 1 radical (unpaired) electrons. The molecule has 15 fully saturated rings. The Morgan fingerprint density at radius 2 is 0.795 bits per heavy atom. The van der Waals surface area contributed by atoms with Gasteiger partial charge < -0.3 is 29.2 Å². The number of H-pyrrole nitrogens is 1. The van der Waals surface area contributed by atoms with E-state index >= 15 is 0 Å². The van der Waals surface area contributed by atoms with E-state index in [0.29, 0.717) is 109 Å². The first kappa shape index (κ1) is 107. The molecular weight excluding hydrogens is 1960 g/mol. The van der Waals surface area contributed by atoms with Crippen LogP contribution in [-0.4, -0.2) is 261 Å². The summed E-state index contributed by atoms with van der Waals surface area (Å²) in [7, 11) is -1.49. The van der Waals surface area contributed by atoms with Crippen LogP contribution in [0.4, 0.5) is 0 Å². The fourth-order valence-electron chi connectivity index (χ4n) is 21.5. The molecule has 10 aliphatic heterocycles. The third kappa shape index (κ3) is 17.3. The zero-order valence-electron chi connectivity index (χ0n) is 74.1. The maximum atomic E-state index is 12.5. The van der Waals surface area contributed by atoms with Gasteiger partial charge in [-0.1, -0.05) is 62.7 Å². The second-order valence-electron chi connectivity index (χ2n) is 36.4. The van der Waals surface area contributed by atoms with Crippen LogP contribution in [-0.2, 0) is 56.4 Å². The summed E-state index contributed by atoms with van der Waals surface area (Å²) in [5, 5.41) is 71.7. The van der Waals surface area contributed by atoms with E-state index in [9.17, 15) is 44.4 Å². The number of nitriles is 3. The van der Waals surface area contributed by atoms with E-state index in [-0.39, 0.29) is 152 Å². The van der Waals surface area contributed by atoms with Crippen molar-refractivity contribution in [3.8, 4) is 18.2 Å². The quantitative estimate of drug-likeness (QED) is 0.00911. The minimum absolute atomic E-state index is 0. The Labute approximate surface area is 804 Å². The van der Waals surface area contributed by atoms with E-state index in [2.05, 4.69) is 98.4 Å². The molecule has 6 unspecified atom stereocenters. The van der Waals surface area contributed by atoms with Crippen LogP contribution in [0, 0.1) is 73.4 Å². The summed E-state index contributed by atoms with van der Waals surface area (Å²) in [5.41, 5.74) is -3.35. The van der Waals surface area contributed by atoms with Gasteiger partial charge in [-0.3, -0.25) is 23.7 Å². The fourth-order valence-corrected chi connectivity index (χ4v) is 28.1. The van der Waals surface area contributed by atoms with Crippen molar-refractivity contribution in [2.75, 3.05) is 12.9 Å². The monoisotopic (exact) mass is 2090 g/mol. The van der Waals surface area contributed by atoms with Crippen molar-refractivity contribution in [3.63, 3.8) is 0 Å². The van der Waals surface area contributed by atoms with Crippen molar-refractivity contribution in [2.45, 2.75) is 426 Å². The van der Waals surface area contributed by atoms with Crippen LogP contribution in [0.15, 0.2) is 60.1 Å². The summed E-state index contributed by atoms with van der Waals surface area (Å²) in [5.74, 6) is 0. The molecule has 5 aliphatic carbocycles. The summed E-state index contributed by atoms with van der Waals surface area (Å²) in [4.78, 5) is 78.7. The Morgan fingerprint density at radius 1 is 0.485 bits per heavy atom. The van der Waals surface area contributed by atoms with Gasteiger partial charge in [0.05, 0.1) is 0 Å². The van der Waals surface area contributed by atoms with Crippen LogP contribution in [0.5, 0.6) is 0 Å². The van der Waals surface area contributed by atoms with Gasteiger partial charge in [-0.2, -0.15) is 4.98 Å². The summed E-state index contributed by atoms with van der Waals surface area (Å²) < 4.78 is 90.2. The molecule has 20 rings (SSSR count). The number of nitrogens with one attached hydrogen (secondary N) is 1. The minimum atomic E-state index is -1.49. The van der Waals surface area contributed by atoms with Crippen molar-refractivity contribution in [2.24, 2.45) is 0 Å². The Bertz CT molecular complexity index is 5570. The fraction of sp³-hybridized carbons (Fsp3) is 0.747. The first-order valence-corrected chi connectivity index (χ1v) is 51.9. The van der Waals surface area contributed by atoms with Crippen LogP contribution < -0.4 is 42.0 Å². The van der Waals surface area contributed by atoms with Gasteiger partial charge in [0.1, 0.15) is 46.8 Å².